The van der Waals surface area contributed by atoms with Crippen molar-refractivity contribution in [1.82, 2.24) is 4.98 Å². The zero-order chi connectivity index (χ0) is 7.56. The van der Waals surface area contributed by atoms with E-state index in [0.29, 0.717) is 4.47 Å². The molecule has 5 heteroatoms. The molecule has 0 unspecified atom stereocenters. The molecule has 0 aliphatic heterocycles. The number of aromatic nitrogens is 1. The van der Waals surface area contributed by atoms with Gasteiger partial charge in [0, 0.05) is 10.7 Å². The minimum Gasteiger partial charge on any atom is -0.255 e. The van der Waals surface area contributed by atoms with Crippen molar-refractivity contribution in [3.8, 4) is 0 Å². The molecule has 0 atom stereocenters. The third-order valence-corrected chi connectivity index (χ3v) is 1.46. The van der Waals surface area contributed by atoms with Crippen LogP contribution in [0.15, 0.2) is 22.8 Å². The summed E-state index contributed by atoms with van der Waals surface area (Å²) in [5.74, 6) is 0. The van der Waals surface area contributed by atoms with Crippen molar-refractivity contribution in [3.05, 3.63) is 28.5 Å². The van der Waals surface area contributed by atoms with E-state index < -0.39 is 6.43 Å². The molecule has 0 spiro atoms. The first-order valence-electron chi connectivity index (χ1n) is 2.60. The van der Waals surface area contributed by atoms with Gasteiger partial charge in [0.15, 0.2) is 0 Å². The Morgan fingerprint density at radius 2 is 2.09 bits per heavy atom. The van der Waals surface area contributed by atoms with Crippen LogP contribution in [0.1, 0.15) is 12.1 Å². The Morgan fingerprint density at radius 1 is 1.45 bits per heavy atom. The molecule has 1 heterocycles. The van der Waals surface area contributed by atoms with Gasteiger partial charge in [0.25, 0.3) is 6.43 Å². The minimum absolute atomic E-state index is 0. The predicted octanol–water partition coefficient (Wildman–Crippen LogP) is 3.36. The zero-order valence-corrected chi connectivity index (χ0v) is 8.60. The number of halogens is 4. The van der Waals surface area contributed by atoms with Crippen molar-refractivity contribution in [2.75, 3.05) is 0 Å². The number of pyridine rings is 1. The molecule has 62 valence electrons. The fraction of sp³-hybridized carbons (Fsp3) is 0.167. The Kier molecular flexibility index (Phi) is 4.76. The number of hydrogen-bond donors (Lipinski definition) is 0. The van der Waals surface area contributed by atoms with E-state index in [1.54, 1.807) is 6.07 Å². The van der Waals surface area contributed by atoms with Gasteiger partial charge in [-0.3, -0.25) is 4.98 Å². The lowest BCUT2D eigenvalue weighted by atomic mass is 10.4. The van der Waals surface area contributed by atoms with E-state index in [2.05, 4.69) is 20.9 Å². The van der Waals surface area contributed by atoms with E-state index in [4.69, 9.17) is 0 Å². The third kappa shape index (κ3) is 3.25. The average Bonchev–Trinajstić information content (AvgIpc) is 1.88. The zero-order valence-electron chi connectivity index (χ0n) is 5.30. The molecule has 0 bridgehead atoms. The maximum absolute atomic E-state index is 11.9. The highest BCUT2D eigenvalue weighted by Crippen LogP contribution is 2.18. The van der Waals surface area contributed by atoms with Crippen LogP contribution in [0.3, 0.4) is 0 Å². The van der Waals surface area contributed by atoms with E-state index in [1.807, 2.05) is 0 Å². The molecule has 0 saturated carbocycles. The van der Waals surface area contributed by atoms with E-state index in [1.165, 1.54) is 12.3 Å². The minimum atomic E-state index is -2.49. The summed E-state index contributed by atoms with van der Waals surface area (Å²) in [6.45, 7) is 0. The molecule has 0 fully saturated rings. The van der Waals surface area contributed by atoms with Gasteiger partial charge in [-0.25, -0.2) is 8.78 Å². The van der Waals surface area contributed by atoms with Gasteiger partial charge in [-0.05, 0) is 12.1 Å². The van der Waals surface area contributed by atoms with E-state index >= 15 is 0 Å². The number of hydrogen-bond acceptors (Lipinski definition) is 1. The van der Waals surface area contributed by atoms with Gasteiger partial charge in [0.1, 0.15) is 5.69 Å². The van der Waals surface area contributed by atoms with Gasteiger partial charge in [-0.1, -0.05) is 15.9 Å². The molecule has 0 aliphatic rings. The van der Waals surface area contributed by atoms with Gasteiger partial charge in [-0.15, -0.1) is 17.0 Å². The quantitative estimate of drug-likeness (QED) is 0.772. The van der Waals surface area contributed by atoms with E-state index in [9.17, 15) is 8.78 Å². The predicted molar refractivity (Wildman–Crippen MR) is 47.2 cm³/mol. The Balaban J connectivity index is 0.000001000. The summed E-state index contributed by atoms with van der Waals surface area (Å²) in [5, 5.41) is 0. The first kappa shape index (κ1) is 11.0. The van der Waals surface area contributed by atoms with Crippen molar-refractivity contribution in [1.29, 1.82) is 0 Å². The van der Waals surface area contributed by atoms with Crippen LogP contribution in [0.4, 0.5) is 8.78 Å². The van der Waals surface area contributed by atoms with Crippen LogP contribution in [-0.2, 0) is 0 Å². The van der Waals surface area contributed by atoms with Gasteiger partial charge < -0.3 is 0 Å². The first-order valence-corrected chi connectivity index (χ1v) is 3.39. The second-order valence-corrected chi connectivity index (χ2v) is 2.62. The van der Waals surface area contributed by atoms with Crippen molar-refractivity contribution < 1.29 is 8.78 Å². The molecule has 1 rings (SSSR count). The fourth-order valence-electron chi connectivity index (χ4n) is 0.541. The largest absolute Gasteiger partial charge is 0.280 e. The lowest BCUT2D eigenvalue weighted by molar-refractivity contribution is 0.146. The standard InChI is InChI=1S/C6H4BrF2N.BrH/c7-4-1-2-10-5(3-4)6(8)9;/h1-3,6H;1H. The van der Waals surface area contributed by atoms with Crippen molar-refractivity contribution in [2.45, 2.75) is 6.43 Å². The van der Waals surface area contributed by atoms with Crippen molar-refractivity contribution >= 4 is 32.9 Å². The average molecular weight is 289 g/mol. The Labute approximate surface area is 81.7 Å². The fourth-order valence-corrected chi connectivity index (χ4v) is 0.893. The Hall–Kier alpha value is -0.0300. The van der Waals surface area contributed by atoms with Gasteiger partial charge >= 0.3 is 0 Å². The molecule has 0 amide bonds. The first-order chi connectivity index (χ1) is 4.70. The summed E-state index contributed by atoms with van der Waals surface area (Å²) in [7, 11) is 0. The normalized spacial score (nSPS) is 9.45. The van der Waals surface area contributed by atoms with Crippen LogP contribution in [0.2, 0.25) is 0 Å². The second kappa shape index (κ2) is 4.77. The van der Waals surface area contributed by atoms with Crippen LogP contribution in [-0.4, -0.2) is 4.98 Å². The smallest absolute Gasteiger partial charge is 0.255 e. The molecule has 0 N–H and O–H groups in total. The highest BCUT2D eigenvalue weighted by atomic mass is 79.9. The molecule has 0 radical (unpaired) electrons. The summed E-state index contributed by atoms with van der Waals surface area (Å²) >= 11 is 3.06. The lowest BCUT2D eigenvalue weighted by Gasteiger charge is -1.96. The number of alkyl halides is 2. The molecule has 1 aromatic rings. The molecular weight excluding hydrogens is 284 g/mol. The monoisotopic (exact) mass is 287 g/mol. The summed E-state index contributed by atoms with van der Waals surface area (Å²) in [5.41, 5.74) is -0.200. The van der Waals surface area contributed by atoms with Crippen molar-refractivity contribution in [3.63, 3.8) is 0 Å². The number of nitrogens with zero attached hydrogens (tertiary/aromatic N) is 1. The third-order valence-electron chi connectivity index (χ3n) is 0.967. The van der Waals surface area contributed by atoms with E-state index in [0.717, 1.165) is 0 Å². The topological polar surface area (TPSA) is 12.9 Å². The highest BCUT2D eigenvalue weighted by molar-refractivity contribution is 9.10. The molecule has 0 saturated heterocycles. The molecule has 0 aliphatic carbocycles. The lowest BCUT2D eigenvalue weighted by Crippen LogP contribution is -1.87. The second-order valence-electron chi connectivity index (χ2n) is 1.70. The maximum atomic E-state index is 11.9. The summed E-state index contributed by atoms with van der Waals surface area (Å²) < 4.78 is 24.4. The molecule has 0 aromatic carbocycles. The van der Waals surface area contributed by atoms with Gasteiger partial charge in [0.05, 0.1) is 0 Å². The molecule has 11 heavy (non-hydrogen) atoms. The van der Waals surface area contributed by atoms with Crippen LogP contribution < -0.4 is 0 Å². The summed E-state index contributed by atoms with van der Waals surface area (Å²) in [6.07, 6.45) is -1.15. The van der Waals surface area contributed by atoms with Crippen LogP contribution >= 0.6 is 32.9 Å². The van der Waals surface area contributed by atoms with Crippen LogP contribution in [0.25, 0.3) is 0 Å². The maximum Gasteiger partial charge on any atom is 0.280 e. The Morgan fingerprint density at radius 3 is 2.45 bits per heavy atom. The summed E-state index contributed by atoms with van der Waals surface area (Å²) in [4.78, 5) is 3.46. The molecule has 1 aromatic heterocycles. The van der Waals surface area contributed by atoms with Crippen molar-refractivity contribution in [2.24, 2.45) is 0 Å². The summed E-state index contributed by atoms with van der Waals surface area (Å²) in [6, 6.07) is 2.90. The van der Waals surface area contributed by atoms with Gasteiger partial charge in [-0.2, -0.15) is 0 Å². The highest BCUT2D eigenvalue weighted by Gasteiger charge is 2.07. The van der Waals surface area contributed by atoms with E-state index in [-0.39, 0.29) is 22.7 Å². The molecule has 1 nitrogen and oxygen atoms in total. The Bertz CT molecular complexity index is 230. The van der Waals surface area contributed by atoms with Gasteiger partial charge in [0.2, 0.25) is 0 Å². The SMILES string of the molecule is Br.FC(F)c1cc(Br)ccn1. The molecular formula is C6H5Br2F2N. The number of rotatable bonds is 1. The van der Waals surface area contributed by atoms with Crippen LogP contribution in [0.5, 0.6) is 0 Å². The van der Waals surface area contributed by atoms with Crippen LogP contribution in [0, 0.1) is 0 Å².